The molecule has 0 aliphatic rings. The Kier molecular flexibility index (Phi) is 8.25. The number of hydrogen-bond acceptors (Lipinski definition) is 5. The minimum Gasteiger partial charge on any atom is -0.484 e. The number of oxazole rings is 1. The van der Waals surface area contributed by atoms with Gasteiger partial charge in [-0.05, 0) is 50.1 Å². The molecule has 1 amide bonds. The van der Waals surface area contributed by atoms with Gasteiger partial charge in [0.1, 0.15) is 17.7 Å². The molecular weight excluding hydrogens is 406 g/mol. The van der Waals surface area contributed by atoms with Crippen LogP contribution < -0.4 is 21.1 Å². The van der Waals surface area contributed by atoms with Crippen molar-refractivity contribution in [3.05, 3.63) is 71.6 Å². The molecule has 0 aliphatic carbocycles. The molecule has 8 nitrogen and oxygen atoms in total. The van der Waals surface area contributed by atoms with E-state index in [0.717, 1.165) is 29.8 Å². The molecule has 2 aromatic carbocycles. The molecule has 0 atom stereocenters. The lowest BCUT2D eigenvalue weighted by Gasteiger charge is -2.11. The number of ether oxygens (including phenoxy) is 1. The van der Waals surface area contributed by atoms with Gasteiger partial charge in [0.15, 0.2) is 12.6 Å². The second kappa shape index (κ2) is 11.5. The van der Waals surface area contributed by atoms with Gasteiger partial charge in [0, 0.05) is 18.7 Å². The van der Waals surface area contributed by atoms with Crippen LogP contribution in [-0.4, -0.2) is 36.5 Å². The maximum Gasteiger partial charge on any atom is 0.255 e. The lowest BCUT2D eigenvalue weighted by molar-refractivity contribution is -0.119. The molecule has 1 heterocycles. The summed E-state index contributed by atoms with van der Waals surface area (Å²) in [7, 11) is 0. The van der Waals surface area contributed by atoms with E-state index in [1.807, 2.05) is 62.4 Å². The summed E-state index contributed by atoms with van der Waals surface area (Å²) >= 11 is 0. The van der Waals surface area contributed by atoms with Gasteiger partial charge in [0.25, 0.3) is 5.91 Å². The van der Waals surface area contributed by atoms with Crippen LogP contribution in [0, 0.1) is 6.92 Å². The molecule has 0 bridgehead atoms. The van der Waals surface area contributed by atoms with Crippen LogP contribution in [0.2, 0.25) is 0 Å². The Bertz CT molecular complexity index is 1030. The van der Waals surface area contributed by atoms with Crippen LogP contribution >= 0.6 is 0 Å². The van der Waals surface area contributed by atoms with Crippen LogP contribution in [0.15, 0.2) is 64.2 Å². The lowest BCUT2D eigenvalue weighted by Crippen LogP contribution is -2.38. The highest BCUT2D eigenvalue weighted by atomic mass is 16.5. The van der Waals surface area contributed by atoms with E-state index in [9.17, 15) is 4.79 Å². The second-order valence-electron chi connectivity index (χ2n) is 7.28. The van der Waals surface area contributed by atoms with Gasteiger partial charge < -0.3 is 25.5 Å². The number of carbonyl (C=O) groups excluding carboxylic acids is 1. The first-order valence-corrected chi connectivity index (χ1v) is 10.6. The van der Waals surface area contributed by atoms with Crippen LogP contribution in [0.4, 0.5) is 0 Å². The number of amides is 1. The minimum atomic E-state index is -0.495. The number of aryl methyl sites for hydroxylation is 1. The standard InChI is InChI=1S/C24H29N5O3/c1-3-26-24(27-13-12-18-6-10-21(11-7-18)31-16-22(25)30)28-14-20-15-32-23(29-20)19-8-4-17(2)5-9-19/h4-11,15H,3,12-14,16H2,1-2H3,(H2,25,30)(H2,26,27,28). The third-order valence-corrected chi connectivity index (χ3v) is 4.60. The SMILES string of the molecule is CCNC(=NCc1coc(-c2ccc(C)cc2)n1)NCCc1ccc(OCC(N)=O)cc1. The van der Waals surface area contributed by atoms with Gasteiger partial charge in [-0.25, -0.2) is 9.98 Å². The normalized spacial score (nSPS) is 11.2. The van der Waals surface area contributed by atoms with E-state index in [4.69, 9.17) is 14.9 Å². The smallest absolute Gasteiger partial charge is 0.255 e. The van der Waals surface area contributed by atoms with Gasteiger partial charge in [-0.2, -0.15) is 0 Å². The minimum absolute atomic E-state index is 0.124. The summed E-state index contributed by atoms with van der Waals surface area (Å²) < 4.78 is 10.9. The Labute approximate surface area is 187 Å². The van der Waals surface area contributed by atoms with Crippen molar-refractivity contribution in [2.24, 2.45) is 10.7 Å². The highest BCUT2D eigenvalue weighted by Crippen LogP contribution is 2.19. The van der Waals surface area contributed by atoms with Gasteiger partial charge in [0.05, 0.1) is 6.54 Å². The quantitative estimate of drug-likeness (QED) is 0.333. The van der Waals surface area contributed by atoms with Crippen molar-refractivity contribution >= 4 is 11.9 Å². The number of nitrogens with two attached hydrogens (primary N) is 1. The summed E-state index contributed by atoms with van der Waals surface area (Å²) in [6, 6.07) is 15.6. The lowest BCUT2D eigenvalue weighted by atomic mass is 10.1. The van der Waals surface area contributed by atoms with E-state index in [2.05, 4.69) is 20.6 Å². The summed E-state index contributed by atoms with van der Waals surface area (Å²) in [5.41, 5.74) is 9.13. The Hall–Kier alpha value is -3.81. The Morgan fingerprint density at radius 2 is 1.88 bits per heavy atom. The average molecular weight is 436 g/mol. The van der Waals surface area contributed by atoms with Crippen LogP contribution in [0.3, 0.4) is 0 Å². The average Bonchev–Trinajstić information content (AvgIpc) is 3.26. The van der Waals surface area contributed by atoms with E-state index in [1.165, 1.54) is 5.56 Å². The number of benzene rings is 2. The zero-order valence-corrected chi connectivity index (χ0v) is 18.4. The largest absolute Gasteiger partial charge is 0.484 e. The zero-order valence-electron chi connectivity index (χ0n) is 18.4. The van der Waals surface area contributed by atoms with E-state index in [0.29, 0.717) is 30.7 Å². The van der Waals surface area contributed by atoms with E-state index in [-0.39, 0.29) is 6.61 Å². The number of nitrogens with one attached hydrogen (secondary N) is 2. The van der Waals surface area contributed by atoms with E-state index < -0.39 is 5.91 Å². The maximum absolute atomic E-state index is 10.8. The predicted molar refractivity (Wildman–Crippen MR) is 124 cm³/mol. The molecule has 3 aromatic rings. The molecule has 32 heavy (non-hydrogen) atoms. The first-order chi connectivity index (χ1) is 15.5. The van der Waals surface area contributed by atoms with Gasteiger partial charge >= 0.3 is 0 Å². The number of carbonyl (C=O) groups is 1. The summed E-state index contributed by atoms with van der Waals surface area (Å²) in [5, 5.41) is 6.56. The maximum atomic E-state index is 10.8. The van der Waals surface area contributed by atoms with Crippen molar-refractivity contribution in [2.45, 2.75) is 26.8 Å². The number of nitrogens with zero attached hydrogens (tertiary/aromatic N) is 2. The van der Waals surface area contributed by atoms with Crippen LogP contribution in [0.5, 0.6) is 5.75 Å². The topological polar surface area (TPSA) is 115 Å². The molecule has 8 heteroatoms. The Balaban J connectivity index is 1.50. The Morgan fingerprint density at radius 3 is 2.56 bits per heavy atom. The van der Waals surface area contributed by atoms with Crippen LogP contribution in [0.1, 0.15) is 23.7 Å². The first-order valence-electron chi connectivity index (χ1n) is 10.6. The van der Waals surface area contributed by atoms with Crippen molar-refractivity contribution in [2.75, 3.05) is 19.7 Å². The molecular formula is C24H29N5O3. The number of aromatic nitrogens is 1. The zero-order chi connectivity index (χ0) is 22.8. The van der Waals surface area contributed by atoms with Crippen LogP contribution in [0.25, 0.3) is 11.5 Å². The van der Waals surface area contributed by atoms with Gasteiger partial charge in [0.2, 0.25) is 5.89 Å². The van der Waals surface area contributed by atoms with Gasteiger partial charge in [-0.15, -0.1) is 0 Å². The third kappa shape index (κ3) is 7.16. The molecule has 0 saturated heterocycles. The first kappa shape index (κ1) is 22.9. The predicted octanol–water partition coefficient (Wildman–Crippen LogP) is 2.81. The molecule has 4 N–H and O–H groups in total. The number of aliphatic imine (C=N–C) groups is 1. The summed E-state index contributed by atoms with van der Waals surface area (Å²) in [4.78, 5) is 19.9. The van der Waals surface area contributed by atoms with Crippen molar-refractivity contribution in [1.29, 1.82) is 0 Å². The molecule has 3 rings (SSSR count). The molecule has 0 fully saturated rings. The van der Waals surface area contributed by atoms with Gasteiger partial charge in [-0.3, -0.25) is 4.79 Å². The van der Waals surface area contributed by atoms with Crippen LogP contribution in [-0.2, 0) is 17.8 Å². The van der Waals surface area contributed by atoms with Crippen molar-refractivity contribution in [3.8, 4) is 17.2 Å². The fourth-order valence-electron chi connectivity index (χ4n) is 2.94. The summed E-state index contributed by atoms with van der Waals surface area (Å²) in [5.74, 6) is 1.43. The van der Waals surface area contributed by atoms with E-state index in [1.54, 1.807) is 6.26 Å². The number of primary amides is 1. The van der Waals surface area contributed by atoms with E-state index >= 15 is 0 Å². The summed E-state index contributed by atoms with van der Waals surface area (Å²) in [6.45, 7) is 5.82. The monoisotopic (exact) mass is 435 g/mol. The third-order valence-electron chi connectivity index (χ3n) is 4.60. The second-order valence-corrected chi connectivity index (χ2v) is 7.28. The number of rotatable bonds is 10. The van der Waals surface area contributed by atoms with Crippen molar-refractivity contribution in [1.82, 2.24) is 15.6 Å². The molecule has 0 aliphatic heterocycles. The highest BCUT2D eigenvalue weighted by Gasteiger charge is 2.07. The molecule has 0 spiro atoms. The molecule has 0 unspecified atom stereocenters. The van der Waals surface area contributed by atoms with Gasteiger partial charge in [-0.1, -0.05) is 29.8 Å². The molecule has 0 saturated carbocycles. The molecule has 168 valence electrons. The fraction of sp³-hybridized carbons (Fsp3) is 0.292. The Morgan fingerprint density at radius 1 is 1.12 bits per heavy atom. The molecule has 0 radical (unpaired) electrons. The van der Waals surface area contributed by atoms with Crippen molar-refractivity contribution in [3.63, 3.8) is 0 Å². The number of guanidine groups is 1. The molecule has 1 aromatic heterocycles. The fourth-order valence-corrected chi connectivity index (χ4v) is 2.94. The summed E-state index contributed by atoms with van der Waals surface area (Å²) in [6.07, 6.45) is 2.45. The number of hydrogen-bond donors (Lipinski definition) is 3. The van der Waals surface area contributed by atoms with Crippen molar-refractivity contribution < 1.29 is 13.9 Å². The highest BCUT2D eigenvalue weighted by molar-refractivity contribution is 5.79.